The molecule has 2 fully saturated rings. The van der Waals surface area contributed by atoms with E-state index in [1.165, 1.54) is 6.42 Å². The lowest BCUT2D eigenvalue weighted by molar-refractivity contribution is -0.192. The Morgan fingerprint density at radius 1 is 1.19 bits per heavy atom. The fraction of sp³-hybridized carbons (Fsp3) is 0.476. The van der Waals surface area contributed by atoms with Gasteiger partial charge in [0.15, 0.2) is 0 Å². The van der Waals surface area contributed by atoms with E-state index >= 15 is 0 Å². The number of ether oxygens (including phenoxy) is 1. The Balaban J connectivity index is 0.000000360. The molecule has 2 aromatic heterocycles. The molecule has 2 atom stereocenters. The highest BCUT2D eigenvalue weighted by Crippen LogP contribution is 2.49. The quantitative estimate of drug-likeness (QED) is 0.744. The zero-order chi connectivity index (χ0) is 23.2. The number of fused-ring (bicyclic) bond motifs is 1. The van der Waals surface area contributed by atoms with Crippen LogP contribution in [0.25, 0.3) is 0 Å². The van der Waals surface area contributed by atoms with Gasteiger partial charge in [0.25, 0.3) is 5.91 Å². The van der Waals surface area contributed by atoms with Gasteiger partial charge in [0.05, 0.1) is 13.2 Å². The van der Waals surface area contributed by atoms with Crippen LogP contribution in [0.4, 0.5) is 13.2 Å². The maximum atomic E-state index is 12.7. The molecule has 2 aliphatic rings. The molecule has 11 heteroatoms. The minimum atomic E-state index is -5.08. The first-order chi connectivity index (χ1) is 15.2. The standard InChI is InChI=1S/C19H22N4O2.C2HF3O2/c24-18(17-21-7-2-8-22-17)23-11-16-3-1-6-19(16,13-23)14-25-12-15-4-9-20-10-5-15;3-2(4,5)1(6)7/h2,4-5,7-10,16H,1,3,6,11-14H2;(H,6,7)/t16-,19+;/m1./s1. The molecule has 1 aliphatic heterocycles. The predicted molar refractivity (Wildman–Crippen MR) is 105 cm³/mol. The van der Waals surface area contributed by atoms with Gasteiger partial charge in [-0.1, -0.05) is 6.42 Å². The molecule has 2 aromatic rings. The lowest BCUT2D eigenvalue weighted by Crippen LogP contribution is -2.35. The lowest BCUT2D eigenvalue weighted by atomic mass is 9.81. The van der Waals surface area contributed by atoms with Gasteiger partial charge in [-0.15, -0.1) is 0 Å². The van der Waals surface area contributed by atoms with Gasteiger partial charge in [0.2, 0.25) is 5.82 Å². The van der Waals surface area contributed by atoms with E-state index in [1.54, 1.807) is 30.9 Å². The summed E-state index contributed by atoms with van der Waals surface area (Å²) in [6.07, 6.45) is 5.21. The summed E-state index contributed by atoms with van der Waals surface area (Å²) in [6.45, 7) is 2.81. The number of aromatic nitrogens is 3. The van der Waals surface area contributed by atoms with E-state index in [0.29, 0.717) is 19.1 Å². The second-order valence-corrected chi connectivity index (χ2v) is 7.86. The molecule has 0 aromatic carbocycles. The summed E-state index contributed by atoms with van der Waals surface area (Å²) in [7, 11) is 0. The fourth-order valence-electron chi connectivity index (χ4n) is 4.21. The van der Waals surface area contributed by atoms with Crippen molar-refractivity contribution in [2.24, 2.45) is 11.3 Å². The number of alkyl halides is 3. The molecule has 0 bridgehead atoms. The van der Waals surface area contributed by atoms with Gasteiger partial charge < -0.3 is 14.7 Å². The van der Waals surface area contributed by atoms with E-state index in [4.69, 9.17) is 14.6 Å². The van der Waals surface area contributed by atoms with Gasteiger partial charge in [-0.25, -0.2) is 14.8 Å². The summed E-state index contributed by atoms with van der Waals surface area (Å²) < 4.78 is 37.8. The van der Waals surface area contributed by atoms with Crippen molar-refractivity contribution in [1.82, 2.24) is 19.9 Å². The van der Waals surface area contributed by atoms with Gasteiger partial charge in [-0.3, -0.25) is 9.78 Å². The molecule has 0 radical (unpaired) electrons. The molecule has 1 aliphatic carbocycles. The number of carbonyl (C=O) groups is 2. The summed E-state index contributed by atoms with van der Waals surface area (Å²) >= 11 is 0. The van der Waals surface area contributed by atoms with Gasteiger partial charge in [-0.05, 0) is 42.5 Å². The third-order valence-corrected chi connectivity index (χ3v) is 5.73. The van der Waals surface area contributed by atoms with Crippen LogP contribution in [0.5, 0.6) is 0 Å². The summed E-state index contributed by atoms with van der Waals surface area (Å²) in [5.41, 5.74) is 1.21. The molecule has 0 spiro atoms. The second-order valence-electron chi connectivity index (χ2n) is 7.86. The fourth-order valence-corrected chi connectivity index (χ4v) is 4.21. The van der Waals surface area contributed by atoms with Gasteiger partial charge >= 0.3 is 12.1 Å². The van der Waals surface area contributed by atoms with Crippen molar-refractivity contribution in [1.29, 1.82) is 0 Å². The van der Waals surface area contributed by atoms with Crippen LogP contribution in [0.1, 0.15) is 35.4 Å². The molecule has 1 amide bonds. The first kappa shape index (κ1) is 23.6. The highest BCUT2D eigenvalue weighted by atomic mass is 19.4. The average molecular weight is 452 g/mol. The number of likely N-dealkylation sites (tertiary alicyclic amines) is 1. The molecule has 3 heterocycles. The minimum absolute atomic E-state index is 0.0662. The van der Waals surface area contributed by atoms with E-state index in [9.17, 15) is 18.0 Å². The zero-order valence-electron chi connectivity index (χ0n) is 17.2. The van der Waals surface area contributed by atoms with Crippen molar-refractivity contribution in [3.8, 4) is 0 Å². The number of amides is 1. The SMILES string of the molecule is O=C(O)C(F)(F)F.O=C(c1ncccn1)N1C[C@H]2CCC[C@@]2(COCc2ccncc2)C1. The van der Waals surface area contributed by atoms with Crippen molar-refractivity contribution in [3.63, 3.8) is 0 Å². The monoisotopic (exact) mass is 452 g/mol. The van der Waals surface area contributed by atoms with Crippen molar-refractivity contribution in [2.75, 3.05) is 19.7 Å². The second kappa shape index (κ2) is 10.0. The molecule has 32 heavy (non-hydrogen) atoms. The molecule has 0 unspecified atom stereocenters. The number of carboxylic acids is 1. The Kier molecular flexibility index (Phi) is 7.39. The molecular weight excluding hydrogens is 429 g/mol. The van der Waals surface area contributed by atoms with Crippen molar-refractivity contribution >= 4 is 11.9 Å². The van der Waals surface area contributed by atoms with Crippen LogP contribution in [-0.4, -0.2) is 62.7 Å². The van der Waals surface area contributed by atoms with Crippen LogP contribution in [0.15, 0.2) is 43.0 Å². The highest BCUT2D eigenvalue weighted by molar-refractivity contribution is 5.90. The van der Waals surface area contributed by atoms with E-state index in [1.807, 2.05) is 17.0 Å². The third-order valence-electron chi connectivity index (χ3n) is 5.73. The number of rotatable bonds is 5. The Bertz CT molecular complexity index is 914. The smallest absolute Gasteiger partial charge is 0.475 e. The van der Waals surface area contributed by atoms with Gasteiger partial charge in [0, 0.05) is 43.3 Å². The number of carbonyl (C=O) groups excluding carboxylic acids is 1. The molecular formula is C21H23F3N4O4. The molecule has 172 valence electrons. The minimum Gasteiger partial charge on any atom is -0.475 e. The van der Waals surface area contributed by atoms with Crippen molar-refractivity contribution in [3.05, 3.63) is 54.4 Å². The largest absolute Gasteiger partial charge is 0.490 e. The average Bonchev–Trinajstić information content (AvgIpc) is 3.32. The normalized spacial score (nSPS) is 22.1. The number of aliphatic carboxylic acids is 1. The molecule has 1 N–H and O–H groups in total. The van der Waals surface area contributed by atoms with Crippen LogP contribution in [0, 0.1) is 11.3 Å². The van der Waals surface area contributed by atoms with Crippen LogP contribution in [-0.2, 0) is 16.1 Å². The maximum absolute atomic E-state index is 12.7. The first-order valence-electron chi connectivity index (χ1n) is 10.0. The van der Waals surface area contributed by atoms with Crippen molar-refractivity contribution in [2.45, 2.75) is 32.0 Å². The Morgan fingerprint density at radius 2 is 1.84 bits per heavy atom. The highest BCUT2D eigenvalue weighted by Gasteiger charge is 2.51. The molecule has 8 nitrogen and oxygen atoms in total. The molecule has 1 saturated heterocycles. The van der Waals surface area contributed by atoms with E-state index in [-0.39, 0.29) is 17.1 Å². The number of carboxylic acid groups (broad SMARTS) is 1. The number of hydrogen-bond donors (Lipinski definition) is 1. The van der Waals surface area contributed by atoms with E-state index < -0.39 is 12.1 Å². The molecule has 4 rings (SSSR count). The van der Waals surface area contributed by atoms with Crippen LogP contribution >= 0.6 is 0 Å². The number of nitrogens with zero attached hydrogens (tertiary/aromatic N) is 4. The summed E-state index contributed by atoms with van der Waals surface area (Å²) in [6, 6.07) is 5.67. The zero-order valence-corrected chi connectivity index (χ0v) is 17.2. The van der Waals surface area contributed by atoms with Crippen LogP contribution < -0.4 is 0 Å². The van der Waals surface area contributed by atoms with Crippen LogP contribution in [0.3, 0.4) is 0 Å². The van der Waals surface area contributed by atoms with Crippen molar-refractivity contribution < 1.29 is 32.6 Å². The van der Waals surface area contributed by atoms with E-state index in [0.717, 1.165) is 31.5 Å². The Morgan fingerprint density at radius 3 is 2.47 bits per heavy atom. The summed E-state index contributed by atoms with van der Waals surface area (Å²) in [5, 5.41) is 7.12. The van der Waals surface area contributed by atoms with Gasteiger partial charge in [-0.2, -0.15) is 13.2 Å². The predicted octanol–water partition coefficient (Wildman–Crippen LogP) is 2.96. The number of hydrogen-bond acceptors (Lipinski definition) is 6. The Hall–Kier alpha value is -3.08. The van der Waals surface area contributed by atoms with E-state index in [2.05, 4.69) is 15.0 Å². The summed E-state index contributed by atoms with van der Waals surface area (Å²) in [5.74, 6) is -2.02. The van der Waals surface area contributed by atoms with Gasteiger partial charge in [0.1, 0.15) is 0 Å². The maximum Gasteiger partial charge on any atom is 0.490 e. The lowest BCUT2D eigenvalue weighted by Gasteiger charge is -2.28. The summed E-state index contributed by atoms with van der Waals surface area (Å²) in [4.78, 5) is 35.7. The first-order valence-corrected chi connectivity index (χ1v) is 10.0. The third kappa shape index (κ3) is 5.78. The molecule has 1 saturated carbocycles. The van der Waals surface area contributed by atoms with Crippen LogP contribution in [0.2, 0.25) is 0 Å². The topological polar surface area (TPSA) is 106 Å². The Labute approximate surface area is 182 Å². The number of halogens is 3. The number of pyridine rings is 1.